The summed E-state index contributed by atoms with van der Waals surface area (Å²) in [5.74, 6) is -0.0613. The van der Waals surface area contributed by atoms with Crippen LogP contribution >= 0.6 is 23.2 Å². The summed E-state index contributed by atoms with van der Waals surface area (Å²) in [6, 6.07) is 19.3. The smallest absolute Gasteiger partial charge is 0.412 e. The van der Waals surface area contributed by atoms with E-state index in [9.17, 15) is 14.4 Å². The van der Waals surface area contributed by atoms with Gasteiger partial charge in [0.2, 0.25) is 0 Å². The minimum atomic E-state index is -0.656. The van der Waals surface area contributed by atoms with Crippen LogP contribution in [0.2, 0.25) is 10.0 Å². The summed E-state index contributed by atoms with van der Waals surface area (Å²) < 4.78 is 5.30. The molecule has 1 saturated heterocycles. The van der Waals surface area contributed by atoms with Gasteiger partial charge in [-0.2, -0.15) is 0 Å². The number of piperidine rings is 1. The molecule has 40 heavy (non-hydrogen) atoms. The zero-order chi connectivity index (χ0) is 28.9. The first-order valence-corrected chi connectivity index (χ1v) is 13.8. The maximum Gasteiger partial charge on any atom is 0.412 e. The number of para-hydroxylation sites is 2. The molecular formula is C30H32Cl2N4O4. The summed E-state index contributed by atoms with van der Waals surface area (Å²) >= 11 is 12.4. The summed E-state index contributed by atoms with van der Waals surface area (Å²) in [5.41, 5.74) is 2.21. The maximum absolute atomic E-state index is 13.0. The van der Waals surface area contributed by atoms with Crippen molar-refractivity contribution in [2.24, 2.45) is 0 Å². The fourth-order valence-corrected chi connectivity index (χ4v) is 4.95. The van der Waals surface area contributed by atoms with Crippen LogP contribution in [0.5, 0.6) is 0 Å². The number of benzene rings is 3. The van der Waals surface area contributed by atoms with Crippen LogP contribution in [0.1, 0.15) is 55.5 Å². The van der Waals surface area contributed by atoms with Crippen LogP contribution < -0.4 is 16.0 Å². The molecule has 1 fully saturated rings. The maximum atomic E-state index is 13.0. The van der Waals surface area contributed by atoms with E-state index in [0.717, 1.165) is 18.4 Å². The number of hydrogen-bond donors (Lipinski definition) is 3. The quantitative estimate of drug-likeness (QED) is 0.283. The zero-order valence-corrected chi connectivity index (χ0v) is 24.1. The van der Waals surface area contributed by atoms with Crippen molar-refractivity contribution in [3.05, 3.63) is 87.9 Å². The third-order valence-corrected chi connectivity index (χ3v) is 7.05. The number of urea groups is 1. The summed E-state index contributed by atoms with van der Waals surface area (Å²) in [6.45, 7) is 6.51. The fraction of sp³-hybridized carbons (Fsp3) is 0.300. The Labute approximate surface area is 244 Å². The minimum absolute atomic E-state index is 0.229. The number of likely N-dealkylation sites (tertiary alicyclic amines) is 1. The van der Waals surface area contributed by atoms with E-state index in [1.165, 1.54) is 0 Å². The molecule has 210 valence electrons. The van der Waals surface area contributed by atoms with Crippen molar-refractivity contribution in [2.45, 2.75) is 45.1 Å². The van der Waals surface area contributed by atoms with Gasteiger partial charge in [-0.25, -0.2) is 9.59 Å². The molecule has 1 heterocycles. The molecule has 0 aliphatic carbocycles. The monoisotopic (exact) mass is 582 g/mol. The Hall–Kier alpha value is -3.75. The van der Waals surface area contributed by atoms with E-state index in [0.29, 0.717) is 45.8 Å². The van der Waals surface area contributed by atoms with Gasteiger partial charge in [0.05, 0.1) is 27.0 Å². The number of carbonyl (C=O) groups is 3. The van der Waals surface area contributed by atoms with Crippen molar-refractivity contribution in [3.8, 4) is 0 Å². The Bertz CT molecular complexity index is 1360. The molecule has 0 aromatic heterocycles. The summed E-state index contributed by atoms with van der Waals surface area (Å²) in [7, 11) is 0. The van der Waals surface area contributed by atoms with Gasteiger partial charge in [-0.05, 0) is 81.5 Å². The molecule has 0 radical (unpaired) electrons. The lowest BCUT2D eigenvalue weighted by atomic mass is 9.89. The average Bonchev–Trinajstić information content (AvgIpc) is 2.90. The molecule has 3 aromatic rings. The first kappa shape index (κ1) is 29.2. The van der Waals surface area contributed by atoms with E-state index in [4.69, 9.17) is 27.9 Å². The van der Waals surface area contributed by atoms with Gasteiger partial charge in [-0.3, -0.25) is 10.1 Å². The first-order chi connectivity index (χ1) is 19.0. The lowest BCUT2D eigenvalue weighted by molar-refractivity contribution is 0.0636. The van der Waals surface area contributed by atoms with Crippen LogP contribution in [0.25, 0.3) is 0 Å². The van der Waals surface area contributed by atoms with Gasteiger partial charge in [0.15, 0.2) is 0 Å². The number of ether oxygens (including phenoxy) is 1. The topological polar surface area (TPSA) is 99.8 Å². The molecule has 1 aliphatic rings. The highest BCUT2D eigenvalue weighted by Crippen LogP contribution is 2.32. The molecule has 0 atom stereocenters. The largest absolute Gasteiger partial charge is 0.444 e. The molecule has 3 N–H and O–H groups in total. The molecule has 3 aromatic carbocycles. The second kappa shape index (κ2) is 12.6. The van der Waals surface area contributed by atoms with E-state index in [-0.39, 0.29) is 17.9 Å². The number of amides is 4. The Balaban J connectivity index is 1.32. The summed E-state index contributed by atoms with van der Waals surface area (Å²) in [5, 5.41) is 9.15. The first-order valence-electron chi connectivity index (χ1n) is 13.0. The standard InChI is InChI=1S/C30H32Cl2N4O4/c1-30(2,3)40-29(39)34-25-10-5-4-7-22(25)27(37)33-21-13-11-19(12-14-21)20-15-17-36(18-16-20)28(38)35-26-23(31)8-6-9-24(26)32/h4-14,20H,15-18H2,1-3H3,(H,33,37)(H,34,39)(H,35,38). The van der Waals surface area contributed by atoms with Crippen molar-refractivity contribution in [1.82, 2.24) is 4.90 Å². The Kier molecular flexibility index (Phi) is 9.22. The Morgan fingerprint density at radius 2 is 1.45 bits per heavy atom. The molecule has 4 amide bonds. The predicted molar refractivity (Wildman–Crippen MR) is 160 cm³/mol. The number of halogens is 2. The molecule has 0 saturated carbocycles. The molecule has 8 nitrogen and oxygen atoms in total. The zero-order valence-electron chi connectivity index (χ0n) is 22.6. The van der Waals surface area contributed by atoms with Gasteiger partial charge in [0.1, 0.15) is 5.60 Å². The average molecular weight is 584 g/mol. The highest BCUT2D eigenvalue weighted by Gasteiger charge is 2.25. The number of nitrogens with one attached hydrogen (secondary N) is 3. The van der Waals surface area contributed by atoms with Gasteiger partial charge in [-0.15, -0.1) is 0 Å². The van der Waals surface area contributed by atoms with E-state index < -0.39 is 11.7 Å². The Morgan fingerprint density at radius 1 is 0.825 bits per heavy atom. The van der Waals surface area contributed by atoms with Gasteiger partial charge in [-0.1, -0.05) is 53.5 Å². The molecule has 4 rings (SSSR count). The molecule has 0 bridgehead atoms. The van der Waals surface area contributed by atoms with Crippen LogP contribution in [-0.4, -0.2) is 41.6 Å². The predicted octanol–water partition coefficient (Wildman–Crippen LogP) is 8.00. The molecule has 0 spiro atoms. The lowest BCUT2D eigenvalue weighted by Gasteiger charge is -2.32. The number of hydrogen-bond acceptors (Lipinski definition) is 4. The van der Waals surface area contributed by atoms with Gasteiger partial charge in [0.25, 0.3) is 5.91 Å². The highest BCUT2D eigenvalue weighted by molar-refractivity contribution is 6.39. The van der Waals surface area contributed by atoms with E-state index in [2.05, 4.69) is 16.0 Å². The second-order valence-electron chi connectivity index (χ2n) is 10.5. The Morgan fingerprint density at radius 3 is 2.08 bits per heavy atom. The third-order valence-electron chi connectivity index (χ3n) is 6.42. The third kappa shape index (κ3) is 7.67. The molecule has 1 aliphatic heterocycles. The molecular weight excluding hydrogens is 551 g/mol. The van der Waals surface area contributed by atoms with E-state index >= 15 is 0 Å². The van der Waals surface area contributed by atoms with Gasteiger partial charge < -0.3 is 20.3 Å². The van der Waals surface area contributed by atoms with Crippen molar-refractivity contribution in [1.29, 1.82) is 0 Å². The van der Waals surface area contributed by atoms with Crippen molar-refractivity contribution < 1.29 is 19.1 Å². The molecule has 0 unspecified atom stereocenters. The van der Waals surface area contributed by atoms with Crippen molar-refractivity contribution >= 4 is 58.3 Å². The van der Waals surface area contributed by atoms with E-state index in [1.807, 2.05) is 24.3 Å². The number of rotatable bonds is 5. The van der Waals surface area contributed by atoms with Crippen molar-refractivity contribution in [2.75, 3.05) is 29.0 Å². The second-order valence-corrected chi connectivity index (χ2v) is 11.4. The fourth-order valence-electron chi connectivity index (χ4n) is 4.46. The van der Waals surface area contributed by atoms with Crippen LogP contribution in [-0.2, 0) is 4.74 Å². The van der Waals surface area contributed by atoms with Gasteiger partial charge in [0, 0.05) is 18.8 Å². The van der Waals surface area contributed by atoms with Crippen LogP contribution in [0.3, 0.4) is 0 Å². The SMILES string of the molecule is CC(C)(C)OC(=O)Nc1ccccc1C(=O)Nc1ccc(C2CCN(C(=O)Nc3c(Cl)cccc3Cl)CC2)cc1. The van der Waals surface area contributed by atoms with Gasteiger partial charge >= 0.3 is 12.1 Å². The highest BCUT2D eigenvalue weighted by atomic mass is 35.5. The minimum Gasteiger partial charge on any atom is -0.444 e. The van der Waals surface area contributed by atoms with Crippen molar-refractivity contribution in [3.63, 3.8) is 0 Å². The normalized spacial score (nSPS) is 13.9. The lowest BCUT2D eigenvalue weighted by Crippen LogP contribution is -2.40. The number of carbonyl (C=O) groups excluding carboxylic acids is 3. The van der Waals surface area contributed by atoms with Crippen LogP contribution in [0.15, 0.2) is 66.7 Å². The summed E-state index contributed by atoms with van der Waals surface area (Å²) in [6.07, 6.45) is 0.978. The molecule has 10 heteroatoms. The summed E-state index contributed by atoms with van der Waals surface area (Å²) in [4.78, 5) is 39.7. The number of nitrogens with zero attached hydrogens (tertiary/aromatic N) is 1. The van der Waals surface area contributed by atoms with Crippen LogP contribution in [0, 0.1) is 0 Å². The number of anilines is 3. The van der Waals surface area contributed by atoms with Crippen LogP contribution in [0.4, 0.5) is 26.7 Å². The van der Waals surface area contributed by atoms with E-state index in [1.54, 1.807) is 68.1 Å².